The number of rotatable bonds is 7. The lowest BCUT2D eigenvalue weighted by Gasteiger charge is -2.15. The van der Waals surface area contributed by atoms with Gasteiger partial charge in [0.15, 0.2) is 0 Å². The van der Waals surface area contributed by atoms with Crippen LogP contribution in [0.5, 0.6) is 0 Å². The van der Waals surface area contributed by atoms with Crippen LogP contribution in [0, 0.1) is 5.82 Å². The molecule has 0 radical (unpaired) electrons. The number of aliphatic carboxylic acids is 1. The molecule has 1 heterocycles. The minimum Gasteiger partial charge on any atom is -0.481 e. The summed E-state index contributed by atoms with van der Waals surface area (Å²) in [6.07, 6.45) is 0.608. The summed E-state index contributed by atoms with van der Waals surface area (Å²) < 4.78 is 13.2. The van der Waals surface area contributed by atoms with Crippen LogP contribution in [0.25, 0.3) is 10.6 Å². The van der Waals surface area contributed by atoms with Crippen molar-refractivity contribution in [2.75, 3.05) is 13.6 Å². The van der Waals surface area contributed by atoms with E-state index in [1.807, 2.05) is 0 Å². The first-order valence-corrected chi connectivity index (χ1v) is 8.00. The molecule has 1 amide bonds. The van der Waals surface area contributed by atoms with Gasteiger partial charge in [-0.25, -0.2) is 9.37 Å². The van der Waals surface area contributed by atoms with Crippen LogP contribution in [0.2, 0.25) is 0 Å². The number of carbonyl (C=O) groups excluding carboxylic acids is 1. The number of halogens is 1. The van der Waals surface area contributed by atoms with Crippen molar-refractivity contribution < 1.29 is 19.1 Å². The zero-order chi connectivity index (χ0) is 16.8. The molecule has 0 aliphatic carbocycles. The SMILES string of the molecule is CN(CCCC(=O)O)C(=O)Cc1csc(-c2cccc(F)c2)n1. The van der Waals surface area contributed by atoms with E-state index in [1.54, 1.807) is 24.6 Å². The fourth-order valence-corrected chi connectivity index (χ4v) is 2.84. The highest BCUT2D eigenvalue weighted by Gasteiger charge is 2.13. The Hall–Kier alpha value is -2.28. The van der Waals surface area contributed by atoms with Crippen molar-refractivity contribution in [3.05, 3.63) is 41.2 Å². The molecule has 0 atom stereocenters. The van der Waals surface area contributed by atoms with E-state index in [0.29, 0.717) is 29.2 Å². The number of hydrogen-bond donors (Lipinski definition) is 1. The third-order valence-electron chi connectivity index (χ3n) is 3.27. The number of likely N-dealkylation sites (N-methyl/N-ethyl adjacent to an activating group) is 1. The maximum absolute atomic E-state index is 13.2. The first-order chi connectivity index (χ1) is 11.0. The Morgan fingerprint density at radius 1 is 1.39 bits per heavy atom. The van der Waals surface area contributed by atoms with Gasteiger partial charge in [-0.1, -0.05) is 12.1 Å². The molecule has 2 aromatic rings. The summed E-state index contributed by atoms with van der Waals surface area (Å²) in [4.78, 5) is 28.4. The van der Waals surface area contributed by atoms with Crippen molar-refractivity contribution >= 4 is 23.2 Å². The predicted molar refractivity (Wildman–Crippen MR) is 85.7 cm³/mol. The zero-order valence-electron chi connectivity index (χ0n) is 12.7. The molecule has 0 spiro atoms. The summed E-state index contributed by atoms with van der Waals surface area (Å²) in [5, 5.41) is 11.0. The van der Waals surface area contributed by atoms with Crippen LogP contribution in [0.3, 0.4) is 0 Å². The Morgan fingerprint density at radius 3 is 2.87 bits per heavy atom. The highest BCUT2D eigenvalue weighted by Crippen LogP contribution is 2.24. The summed E-state index contributed by atoms with van der Waals surface area (Å²) in [6, 6.07) is 6.16. The maximum atomic E-state index is 13.2. The molecule has 0 fully saturated rings. The van der Waals surface area contributed by atoms with Gasteiger partial charge >= 0.3 is 5.97 Å². The van der Waals surface area contributed by atoms with E-state index in [1.165, 1.54) is 28.4 Å². The molecule has 2 rings (SSSR count). The molecule has 0 aliphatic rings. The number of carboxylic acid groups (broad SMARTS) is 1. The average Bonchev–Trinajstić information content (AvgIpc) is 2.95. The first kappa shape index (κ1) is 17.1. The van der Waals surface area contributed by atoms with E-state index in [9.17, 15) is 14.0 Å². The van der Waals surface area contributed by atoms with Crippen LogP contribution in [0.1, 0.15) is 18.5 Å². The quantitative estimate of drug-likeness (QED) is 0.844. The Bertz CT molecular complexity index is 702. The number of aromatic nitrogens is 1. The molecule has 0 unspecified atom stereocenters. The highest BCUT2D eigenvalue weighted by molar-refractivity contribution is 7.13. The van der Waals surface area contributed by atoms with Gasteiger partial charge in [-0.05, 0) is 18.6 Å². The van der Waals surface area contributed by atoms with E-state index in [0.717, 1.165) is 0 Å². The van der Waals surface area contributed by atoms with Gasteiger partial charge in [0.1, 0.15) is 10.8 Å². The molecule has 1 aromatic heterocycles. The fraction of sp³-hybridized carbons (Fsp3) is 0.312. The topological polar surface area (TPSA) is 70.5 Å². The van der Waals surface area contributed by atoms with Crippen molar-refractivity contribution in [3.63, 3.8) is 0 Å². The second-order valence-electron chi connectivity index (χ2n) is 5.14. The van der Waals surface area contributed by atoms with Gasteiger partial charge in [-0.15, -0.1) is 11.3 Å². The Morgan fingerprint density at radius 2 is 2.17 bits per heavy atom. The molecule has 122 valence electrons. The number of carboxylic acids is 1. The van der Waals surface area contributed by atoms with Gasteiger partial charge in [0.25, 0.3) is 0 Å². The summed E-state index contributed by atoms with van der Waals surface area (Å²) in [7, 11) is 1.64. The summed E-state index contributed by atoms with van der Waals surface area (Å²) in [6.45, 7) is 0.395. The smallest absolute Gasteiger partial charge is 0.303 e. The molecule has 0 bridgehead atoms. The molecule has 1 aromatic carbocycles. The van der Waals surface area contributed by atoms with Crippen LogP contribution >= 0.6 is 11.3 Å². The Kier molecular flexibility index (Phi) is 5.81. The number of nitrogens with zero attached hydrogens (tertiary/aromatic N) is 2. The fourth-order valence-electron chi connectivity index (χ4n) is 2.02. The molecule has 5 nitrogen and oxygen atoms in total. The Balaban J connectivity index is 1.93. The standard InChI is InChI=1S/C16H17FN2O3S/c1-19(7-3-6-15(21)22)14(20)9-13-10-23-16(18-13)11-4-2-5-12(17)8-11/h2,4-5,8,10H,3,6-7,9H2,1H3,(H,21,22). The van der Waals surface area contributed by atoms with E-state index < -0.39 is 5.97 Å². The molecule has 23 heavy (non-hydrogen) atoms. The average molecular weight is 336 g/mol. The van der Waals surface area contributed by atoms with Gasteiger partial charge in [0.05, 0.1) is 12.1 Å². The normalized spacial score (nSPS) is 10.5. The molecular weight excluding hydrogens is 319 g/mol. The Labute approximate surface area is 137 Å². The number of benzene rings is 1. The molecule has 1 N–H and O–H groups in total. The van der Waals surface area contributed by atoms with Crippen molar-refractivity contribution in [2.45, 2.75) is 19.3 Å². The third kappa shape index (κ3) is 5.14. The second kappa shape index (κ2) is 7.82. The molecule has 7 heteroatoms. The van der Waals surface area contributed by atoms with Crippen LogP contribution in [-0.4, -0.2) is 40.5 Å². The zero-order valence-corrected chi connectivity index (χ0v) is 13.5. The third-order valence-corrected chi connectivity index (χ3v) is 4.21. The van der Waals surface area contributed by atoms with Crippen LogP contribution in [-0.2, 0) is 16.0 Å². The van der Waals surface area contributed by atoms with Gasteiger partial charge in [-0.2, -0.15) is 0 Å². The van der Waals surface area contributed by atoms with Crippen LogP contribution < -0.4 is 0 Å². The van der Waals surface area contributed by atoms with Crippen LogP contribution in [0.4, 0.5) is 4.39 Å². The minimum atomic E-state index is -0.870. The molecular formula is C16H17FN2O3S. The van der Waals surface area contributed by atoms with Gasteiger partial charge < -0.3 is 10.0 Å². The van der Waals surface area contributed by atoms with Crippen molar-refractivity contribution in [3.8, 4) is 10.6 Å². The van der Waals surface area contributed by atoms with Crippen LogP contribution in [0.15, 0.2) is 29.6 Å². The lowest BCUT2D eigenvalue weighted by atomic mass is 10.2. The number of amides is 1. The number of thiazole rings is 1. The molecule has 0 saturated heterocycles. The maximum Gasteiger partial charge on any atom is 0.303 e. The highest BCUT2D eigenvalue weighted by atomic mass is 32.1. The monoisotopic (exact) mass is 336 g/mol. The summed E-state index contributed by atoms with van der Waals surface area (Å²) >= 11 is 1.36. The first-order valence-electron chi connectivity index (χ1n) is 7.12. The molecule has 0 aliphatic heterocycles. The number of carbonyl (C=O) groups is 2. The van der Waals surface area contributed by atoms with Gasteiger partial charge in [-0.3, -0.25) is 9.59 Å². The second-order valence-corrected chi connectivity index (χ2v) is 6.00. The van der Waals surface area contributed by atoms with Gasteiger partial charge in [0.2, 0.25) is 5.91 Å². The summed E-state index contributed by atoms with van der Waals surface area (Å²) in [5.41, 5.74) is 1.31. The van der Waals surface area contributed by atoms with E-state index in [-0.39, 0.29) is 24.6 Å². The predicted octanol–water partition coefficient (Wildman–Crippen LogP) is 2.81. The van der Waals surface area contributed by atoms with E-state index >= 15 is 0 Å². The minimum absolute atomic E-state index is 0.0397. The summed E-state index contributed by atoms with van der Waals surface area (Å²) in [5.74, 6) is -1.31. The van der Waals surface area contributed by atoms with E-state index in [2.05, 4.69) is 4.98 Å². The largest absolute Gasteiger partial charge is 0.481 e. The number of hydrogen-bond acceptors (Lipinski definition) is 4. The lowest BCUT2D eigenvalue weighted by molar-refractivity contribution is -0.138. The van der Waals surface area contributed by atoms with Crippen molar-refractivity contribution in [1.82, 2.24) is 9.88 Å². The van der Waals surface area contributed by atoms with Crippen molar-refractivity contribution in [1.29, 1.82) is 0 Å². The lowest BCUT2D eigenvalue weighted by Crippen LogP contribution is -2.29. The van der Waals surface area contributed by atoms with Crippen molar-refractivity contribution in [2.24, 2.45) is 0 Å². The van der Waals surface area contributed by atoms with Gasteiger partial charge in [0, 0.05) is 31.0 Å². The molecule has 0 saturated carbocycles. The van der Waals surface area contributed by atoms with E-state index in [4.69, 9.17) is 5.11 Å².